The first-order valence-electron chi connectivity index (χ1n) is 10.2. The molecule has 2 aromatic rings. The number of hydrogen-bond acceptors (Lipinski definition) is 7. The number of alkyl halides is 2. The number of likely N-dealkylation sites (tertiary alicyclic amines) is 1. The molecule has 184 valence electrons. The number of halogens is 2. The van der Waals surface area contributed by atoms with Crippen LogP contribution in [0.3, 0.4) is 0 Å². The second-order valence-corrected chi connectivity index (χ2v) is 7.02. The fraction of sp³-hybridized carbons (Fsp3) is 0.348. The van der Waals surface area contributed by atoms with E-state index in [1.54, 1.807) is 4.90 Å². The third kappa shape index (κ3) is 9.72. The Morgan fingerprint density at radius 2 is 1.65 bits per heavy atom. The number of nitrogens with zero attached hydrogens (tertiary/aromatic N) is 2. The van der Waals surface area contributed by atoms with Gasteiger partial charge in [-0.1, -0.05) is 29.8 Å². The van der Waals surface area contributed by atoms with Crippen LogP contribution in [0.25, 0.3) is 0 Å². The summed E-state index contributed by atoms with van der Waals surface area (Å²) in [6.45, 7) is -0.413. The fourth-order valence-electron chi connectivity index (χ4n) is 3.14. The molecule has 1 saturated heterocycles. The largest absolute Gasteiger partial charge is 0.467 e. The van der Waals surface area contributed by atoms with Crippen LogP contribution in [0.1, 0.15) is 24.0 Å². The first-order valence-corrected chi connectivity index (χ1v) is 10.2. The number of esters is 1. The Labute approximate surface area is 195 Å². The van der Waals surface area contributed by atoms with E-state index in [0.29, 0.717) is 13.0 Å². The molecule has 1 heterocycles. The van der Waals surface area contributed by atoms with E-state index in [-0.39, 0.29) is 24.7 Å². The molecule has 0 radical (unpaired) electrons. The van der Waals surface area contributed by atoms with Crippen LogP contribution in [0.15, 0.2) is 53.7 Å². The molecule has 0 aromatic heterocycles. The van der Waals surface area contributed by atoms with Gasteiger partial charge in [-0.05, 0) is 49.6 Å². The van der Waals surface area contributed by atoms with Gasteiger partial charge in [0.1, 0.15) is 17.5 Å². The van der Waals surface area contributed by atoms with Crippen molar-refractivity contribution in [1.82, 2.24) is 4.90 Å². The summed E-state index contributed by atoms with van der Waals surface area (Å²) in [7, 11) is 1.36. The van der Waals surface area contributed by atoms with Crippen molar-refractivity contribution in [2.75, 3.05) is 13.7 Å². The highest BCUT2D eigenvalue weighted by molar-refractivity contribution is 5.86. The minimum Gasteiger partial charge on any atom is -0.467 e. The van der Waals surface area contributed by atoms with Crippen LogP contribution in [0.4, 0.5) is 8.78 Å². The number of nitrogens with two attached hydrogens (primary N) is 1. The van der Waals surface area contributed by atoms with E-state index in [1.807, 2.05) is 55.5 Å². The predicted molar refractivity (Wildman–Crippen MR) is 120 cm³/mol. The number of benzene rings is 2. The Morgan fingerprint density at radius 1 is 1.15 bits per heavy atom. The number of rotatable bonds is 6. The minimum atomic E-state index is -3.05. The van der Waals surface area contributed by atoms with E-state index < -0.39 is 12.6 Å². The Bertz CT molecular complexity index is 923. The standard InChI is InChI=1S/C21H23NO4.CHF2NO.CH3NO/c1-15-5-9-17(10-6-15)26-18-11-7-16(8-12-18)14-20(23)22-13-3-4-19(22)21(24)25-2;2-1(3)4-5;2-1-3/h5-12,19H,3-4,13-14H2,1-2H3;1H;1H,(H2,2,3). The lowest BCUT2D eigenvalue weighted by molar-refractivity contribution is -0.150. The van der Waals surface area contributed by atoms with Gasteiger partial charge in [-0.15, -0.1) is 4.91 Å². The summed E-state index contributed by atoms with van der Waals surface area (Å²) in [5.41, 5.74) is 6.24. The van der Waals surface area contributed by atoms with E-state index in [2.05, 4.69) is 5.73 Å². The molecule has 0 saturated carbocycles. The number of carbonyl (C=O) groups is 3. The second kappa shape index (κ2) is 15.0. The quantitative estimate of drug-likeness (QED) is 0.292. The van der Waals surface area contributed by atoms with Gasteiger partial charge >= 0.3 is 12.5 Å². The number of hydrogen-bond donors (Lipinski definition) is 1. The molecule has 1 aliphatic heterocycles. The normalized spacial score (nSPS) is 14.1. The lowest BCUT2D eigenvalue weighted by Crippen LogP contribution is -2.41. The molecule has 2 amide bonds. The zero-order valence-corrected chi connectivity index (χ0v) is 18.9. The highest BCUT2D eigenvalue weighted by Gasteiger charge is 2.34. The lowest BCUT2D eigenvalue weighted by atomic mass is 10.1. The maximum Gasteiger partial charge on any atom is 0.367 e. The molecule has 1 fully saturated rings. The number of amides is 2. The van der Waals surface area contributed by atoms with Crippen LogP contribution < -0.4 is 10.5 Å². The molecule has 1 unspecified atom stereocenters. The van der Waals surface area contributed by atoms with Crippen LogP contribution in [0.2, 0.25) is 0 Å². The van der Waals surface area contributed by atoms with Gasteiger partial charge in [-0.2, -0.15) is 8.78 Å². The number of ether oxygens (including phenoxy) is 2. The Morgan fingerprint density at radius 3 is 2.12 bits per heavy atom. The summed E-state index contributed by atoms with van der Waals surface area (Å²) in [6, 6.07) is 14.9. The number of nitroso groups, excluding NO2 is 1. The van der Waals surface area contributed by atoms with Gasteiger partial charge in [0.2, 0.25) is 12.3 Å². The van der Waals surface area contributed by atoms with Crippen molar-refractivity contribution in [2.24, 2.45) is 10.9 Å². The van der Waals surface area contributed by atoms with Crippen molar-refractivity contribution in [2.45, 2.75) is 38.8 Å². The van der Waals surface area contributed by atoms with Crippen molar-refractivity contribution in [3.8, 4) is 11.5 Å². The fourth-order valence-corrected chi connectivity index (χ4v) is 3.14. The lowest BCUT2D eigenvalue weighted by Gasteiger charge is -2.22. The molecule has 9 nitrogen and oxygen atoms in total. The average Bonchev–Trinajstić information content (AvgIpc) is 3.32. The van der Waals surface area contributed by atoms with Crippen molar-refractivity contribution in [3.05, 3.63) is 64.6 Å². The van der Waals surface area contributed by atoms with Crippen molar-refractivity contribution >= 4 is 18.3 Å². The van der Waals surface area contributed by atoms with E-state index >= 15 is 0 Å². The molecule has 0 aliphatic carbocycles. The van der Waals surface area contributed by atoms with Gasteiger partial charge in [0.05, 0.1) is 13.5 Å². The molecule has 34 heavy (non-hydrogen) atoms. The molecule has 0 spiro atoms. The summed E-state index contributed by atoms with van der Waals surface area (Å²) in [6.07, 6.45) is 2.01. The number of carbonyl (C=O) groups excluding carboxylic acids is 3. The van der Waals surface area contributed by atoms with Gasteiger partial charge < -0.3 is 20.1 Å². The molecular weight excluding hydrogens is 452 g/mol. The number of primary amides is 1. The van der Waals surface area contributed by atoms with Crippen molar-refractivity contribution in [1.29, 1.82) is 0 Å². The van der Waals surface area contributed by atoms with Crippen LogP contribution in [0.5, 0.6) is 11.5 Å². The molecule has 3 rings (SSSR count). The Hall–Kier alpha value is -3.89. The van der Waals surface area contributed by atoms with Crippen LogP contribution in [-0.4, -0.2) is 49.4 Å². The van der Waals surface area contributed by atoms with E-state index in [4.69, 9.17) is 19.2 Å². The molecular formula is C23H27F2N3O6. The van der Waals surface area contributed by atoms with E-state index in [9.17, 15) is 18.4 Å². The van der Waals surface area contributed by atoms with E-state index in [1.165, 1.54) is 17.9 Å². The second-order valence-electron chi connectivity index (χ2n) is 7.02. The van der Waals surface area contributed by atoms with Gasteiger partial charge in [0.25, 0.3) is 0 Å². The molecule has 2 aromatic carbocycles. The molecule has 11 heteroatoms. The van der Waals surface area contributed by atoms with Gasteiger partial charge in [-0.3, -0.25) is 9.59 Å². The number of methoxy groups -OCH3 is 1. The van der Waals surface area contributed by atoms with E-state index in [0.717, 1.165) is 23.5 Å². The average molecular weight is 479 g/mol. The summed E-state index contributed by atoms with van der Waals surface area (Å²) < 4.78 is 31.2. The zero-order chi connectivity index (χ0) is 25.5. The van der Waals surface area contributed by atoms with Crippen LogP contribution >= 0.6 is 0 Å². The summed E-state index contributed by atoms with van der Waals surface area (Å²) >= 11 is 0. The monoisotopic (exact) mass is 479 g/mol. The maximum atomic E-state index is 12.5. The van der Waals surface area contributed by atoms with Gasteiger partial charge in [0.15, 0.2) is 0 Å². The zero-order valence-electron chi connectivity index (χ0n) is 18.9. The first kappa shape index (κ1) is 28.1. The third-order valence-corrected chi connectivity index (χ3v) is 4.66. The third-order valence-electron chi connectivity index (χ3n) is 4.66. The predicted octanol–water partition coefficient (Wildman–Crippen LogP) is 3.57. The maximum absolute atomic E-state index is 12.5. The van der Waals surface area contributed by atoms with Gasteiger partial charge in [-0.25, -0.2) is 4.79 Å². The summed E-state index contributed by atoms with van der Waals surface area (Å²) in [5.74, 6) is 1.11. The highest BCUT2D eigenvalue weighted by atomic mass is 19.3. The van der Waals surface area contributed by atoms with Crippen LogP contribution in [0, 0.1) is 11.8 Å². The van der Waals surface area contributed by atoms with Crippen molar-refractivity contribution < 1.29 is 32.6 Å². The summed E-state index contributed by atoms with van der Waals surface area (Å²) in [5, 5.41) is 1.31. The van der Waals surface area contributed by atoms with Crippen LogP contribution in [-0.2, 0) is 25.5 Å². The molecule has 1 atom stereocenters. The number of aryl methyl sites for hydroxylation is 1. The summed E-state index contributed by atoms with van der Waals surface area (Å²) in [4.78, 5) is 43.0. The smallest absolute Gasteiger partial charge is 0.367 e. The minimum absolute atomic E-state index is 0.0508. The van der Waals surface area contributed by atoms with Crippen molar-refractivity contribution in [3.63, 3.8) is 0 Å². The molecule has 1 aliphatic rings. The van der Waals surface area contributed by atoms with Gasteiger partial charge in [0, 0.05) is 11.7 Å². The topological polar surface area (TPSA) is 128 Å². The Balaban J connectivity index is 0.000000629. The molecule has 2 N–H and O–H groups in total. The SMILES string of the molecule is COC(=O)C1CCCN1C(=O)Cc1ccc(Oc2ccc(C)cc2)cc1.NC=O.O=NC(F)F. The highest BCUT2D eigenvalue weighted by Crippen LogP contribution is 2.23. The molecule has 0 bridgehead atoms. The Kier molecular flexibility index (Phi) is 12.4. The first-order chi connectivity index (χ1) is 16.2.